The third-order valence-electron chi connectivity index (χ3n) is 2.96. The highest BCUT2D eigenvalue weighted by Crippen LogP contribution is 2.23. The predicted molar refractivity (Wildman–Crippen MR) is 67.5 cm³/mol. The molecule has 0 spiro atoms. The quantitative estimate of drug-likeness (QED) is 0.902. The molecule has 1 heterocycles. The Bertz CT molecular complexity index is 536. The van der Waals surface area contributed by atoms with Gasteiger partial charge in [0.05, 0.1) is 17.9 Å². The molecule has 2 rings (SSSR count). The Kier molecular flexibility index (Phi) is 3.72. The molecule has 0 radical (unpaired) electrons. The molecule has 18 heavy (non-hydrogen) atoms. The molecule has 0 aliphatic carbocycles. The van der Waals surface area contributed by atoms with E-state index in [1.165, 1.54) is 0 Å². The van der Waals surface area contributed by atoms with E-state index < -0.39 is 6.04 Å². The van der Waals surface area contributed by atoms with Gasteiger partial charge in [0.25, 0.3) is 0 Å². The van der Waals surface area contributed by atoms with Gasteiger partial charge in [-0.2, -0.15) is 0 Å². The maximum Gasteiger partial charge on any atom is 0.131 e. The molecule has 2 N–H and O–H groups in total. The molecule has 96 valence electrons. The van der Waals surface area contributed by atoms with E-state index in [4.69, 9.17) is 5.73 Å². The number of aryl methyl sites for hydroxylation is 2. The molecule has 1 atom stereocenters. The Morgan fingerprint density at radius 1 is 1.44 bits per heavy atom. The van der Waals surface area contributed by atoms with Crippen molar-refractivity contribution < 1.29 is 4.39 Å². The zero-order chi connectivity index (χ0) is 13.1. The first-order chi connectivity index (χ1) is 8.65. The third-order valence-corrected chi connectivity index (χ3v) is 2.96. The summed E-state index contributed by atoms with van der Waals surface area (Å²) in [4.78, 5) is 0. The van der Waals surface area contributed by atoms with E-state index in [1.807, 2.05) is 13.0 Å². The highest BCUT2D eigenvalue weighted by Gasteiger charge is 2.18. The van der Waals surface area contributed by atoms with Crippen LogP contribution in [0.1, 0.15) is 36.2 Å². The van der Waals surface area contributed by atoms with Gasteiger partial charge in [-0.05, 0) is 18.9 Å². The van der Waals surface area contributed by atoms with E-state index in [1.54, 1.807) is 29.9 Å². The maximum atomic E-state index is 14.0. The second kappa shape index (κ2) is 5.27. The summed E-state index contributed by atoms with van der Waals surface area (Å²) in [6, 6.07) is 4.71. The minimum absolute atomic E-state index is 0.255. The van der Waals surface area contributed by atoms with Crippen molar-refractivity contribution in [3.8, 4) is 0 Å². The number of benzene rings is 1. The summed E-state index contributed by atoms with van der Waals surface area (Å²) >= 11 is 0. The molecule has 2 aromatic rings. The fraction of sp³-hybridized carbons (Fsp3) is 0.385. The van der Waals surface area contributed by atoms with Crippen LogP contribution in [0.3, 0.4) is 0 Å². The van der Waals surface area contributed by atoms with Crippen LogP contribution in [0.25, 0.3) is 0 Å². The SMILES string of the molecule is CCCn1nncc1C(N)c1cccc(C)c1F. The molecule has 0 bridgehead atoms. The highest BCUT2D eigenvalue weighted by atomic mass is 19.1. The lowest BCUT2D eigenvalue weighted by molar-refractivity contribution is 0.532. The molecule has 4 nitrogen and oxygen atoms in total. The molecular weight excluding hydrogens is 231 g/mol. The van der Waals surface area contributed by atoms with Crippen molar-refractivity contribution in [2.24, 2.45) is 5.73 Å². The molecule has 0 aliphatic rings. The van der Waals surface area contributed by atoms with Gasteiger partial charge in [0.2, 0.25) is 0 Å². The lowest BCUT2D eigenvalue weighted by atomic mass is 10.0. The summed E-state index contributed by atoms with van der Waals surface area (Å²) < 4.78 is 15.8. The average Bonchev–Trinajstić information content (AvgIpc) is 2.80. The fourth-order valence-electron chi connectivity index (χ4n) is 1.96. The van der Waals surface area contributed by atoms with Crippen LogP contribution in [0, 0.1) is 12.7 Å². The Morgan fingerprint density at radius 3 is 2.94 bits per heavy atom. The van der Waals surface area contributed by atoms with Crippen LogP contribution in [0.4, 0.5) is 4.39 Å². The largest absolute Gasteiger partial charge is 0.319 e. The smallest absolute Gasteiger partial charge is 0.131 e. The van der Waals surface area contributed by atoms with Crippen molar-refractivity contribution in [3.05, 3.63) is 47.0 Å². The maximum absolute atomic E-state index is 14.0. The fourth-order valence-corrected chi connectivity index (χ4v) is 1.96. The second-order valence-corrected chi connectivity index (χ2v) is 4.34. The topological polar surface area (TPSA) is 56.7 Å². The van der Waals surface area contributed by atoms with Gasteiger partial charge in [-0.3, -0.25) is 0 Å². The Morgan fingerprint density at radius 2 is 2.22 bits per heavy atom. The summed E-state index contributed by atoms with van der Waals surface area (Å²) in [5.74, 6) is -0.255. The van der Waals surface area contributed by atoms with Gasteiger partial charge in [0, 0.05) is 12.1 Å². The van der Waals surface area contributed by atoms with Gasteiger partial charge in [-0.1, -0.05) is 30.3 Å². The highest BCUT2D eigenvalue weighted by molar-refractivity contribution is 5.31. The van der Waals surface area contributed by atoms with Crippen LogP contribution in [-0.2, 0) is 6.54 Å². The first-order valence-corrected chi connectivity index (χ1v) is 6.04. The van der Waals surface area contributed by atoms with Crippen molar-refractivity contribution in [2.75, 3.05) is 0 Å². The minimum atomic E-state index is -0.536. The van der Waals surface area contributed by atoms with E-state index in [0.29, 0.717) is 11.1 Å². The van der Waals surface area contributed by atoms with Crippen LogP contribution in [-0.4, -0.2) is 15.0 Å². The van der Waals surface area contributed by atoms with E-state index in [9.17, 15) is 4.39 Å². The molecule has 1 aromatic heterocycles. The van der Waals surface area contributed by atoms with Gasteiger partial charge in [0.1, 0.15) is 5.82 Å². The van der Waals surface area contributed by atoms with Gasteiger partial charge >= 0.3 is 0 Å². The Hall–Kier alpha value is -1.75. The molecule has 0 saturated heterocycles. The minimum Gasteiger partial charge on any atom is -0.319 e. The molecule has 0 aliphatic heterocycles. The summed E-state index contributed by atoms with van der Waals surface area (Å²) in [6.45, 7) is 4.51. The van der Waals surface area contributed by atoms with Crippen LogP contribution < -0.4 is 5.73 Å². The monoisotopic (exact) mass is 248 g/mol. The first kappa shape index (κ1) is 12.7. The summed E-state index contributed by atoms with van der Waals surface area (Å²) in [6.07, 6.45) is 2.53. The van der Waals surface area contributed by atoms with E-state index >= 15 is 0 Å². The van der Waals surface area contributed by atoms with Gasteiger partial charge in [-0.15, -0.1) is 5.10 Å². The zero-order valence-electron chi connectivity index (χ0n) is 10.6. The molecule has 0 fully saturated rings. The number of rotatable bonds is 4. The van der Waals surface area contributed by atoms with Crippen molar-refractivity contribution >= 4 is 0 Å². The standard InChI is InChI=1S/C13H17FN4/c1-3-7-18-11(8-16-17-18)13(15)10-6-4-5-9(2)12(10)14/h4-6,8,13H,3,7,15H2,1-2H3. The zero-order valence-corrected chi connectivity index (χ0v) is 10.6. The molecule has 5 heteroatoms. The van der Waals surface area contributed by atoms with Crippen molar-refractivity contribution in [1.82, 2.24) is 15.0 Å². The van der Waals surface area contributed by atoms with Gasteiger partial charge in [0.15, 0.2) is 0 Å². The number of hydrogen-bond donors (Lipinski definition) is 1. The number of nitrogens with zero attached hydrogens (tertiary/aromatic N) is 3. The summed E-state index contributed by atoms with van der Waals surface area (Å²) in [7, 11) is 0. The first-order valence-electron chi connectivity index (χ1n) is 6.04. The third kappa shape index (κ3) is 2.26. The van der Waals surface area contributed by atoms with Crippen molar-refractivity contribution in [3.63, 3.8) is 0 Å². The number of nitrogens with two attached hydrogens (primary N) is 1. The number of aromatic nitrogens is 3. The Labute approximate surface area is 106 Å². The summed E-state index contributed by atoms with van der Waals surface area (Å²) in [5, 5.41) is 7.82. The molecule has 0 saturated carbocycles. The average molecular weight is 248 g/mol. The number of halogens is 1. The molecular formula is C13H17FN4. The van der Waals surface area contributed by atoms with Crippen LogP contribution in [0.2, 0.25) is 0 Å². The van der Waals surface area contributed by atoms with E-state index in [0.717, 1.165) is 18.7 Å². The van der Waals surface area contributed by atoms with Crippen LogP contribution >= 0.6 is 0 Å². The lowest BCUT2D eigenvalue weighted by Gasteiger charge is -2.15. The van der Waals surface area contributed by atoms with Crippen molar-refractivity contribution in [1.29, 1.82) is 0 Å². The van der Waals surface area contributed by atoms with Crippen molar-refractivity contribution in [2.45, 2.75) is 32.9 Å². The van der Waals surface area contributed by atoms with Gasteiger partial charge in [-0.25, -0.2) is 9.07 Å². The van der Waals surface area contributed by atoms with E-state index in [-0.39, 0.29) is 5.82 Å². The lowest BCUT2D eigenvalue weighted by Crippen LogP contribution is -2.19. The van der Waals surface area contributed by atoms with Crippen LogP contribution in [0.5, 0.6) is 0 Å². The Balaban J connectivity index is 2.38. The van der Waals surface area contributed by atoms with E-state index in [2.05, 4.69) is 10.3 Å². The molecule has 1 unspecified atom stereocenters. The summed E-state index contributed by atoms with van der Waals surface area (Å²) in [5.41, 5.74) is 7.93. The van der Waals surface area contributed by atoms with Gasteiger partial charge < -0.3 is 5.73 Å². The van der Waals surface area contributed by atoms with Crippen LogP contribution in [0.15, 0.2) is 24.4 Å². The molecule has 1 aromatic carbocycles. The normalized spacial score (nSPS) is 12.7. The number of hydrogen-bond acceptors (Lipinski definition) is 3. The second-order valence-electron chi connectivity index (χ2n) is 4.34. The molecule has 0 amide bonds. The predicted octanol–water partition coefficient (Wildman–Crippen LogP) is 2.18.